The summed E-state index contributed by atoms with van der Waals surface area (Å²) in [5, 5.41) is 14.6. The molecule has 1 aromatic heterocycles. The number of hydrogen-bond acceptors (Lipinski definition) is 7. The monoisotopic (exact) mass is 292 g/mol. The molecule has 0 aliphatic carbocycles. The molecule has 2 rings (SSSR count). The molecular weight excluding hydrogens is 276 g/mol. The highest BCUT2D eigenvalue weighted by molar-refractivity contribution is 5.58. The topological polar surface area (TPSA) is 117 Å². The molecule has 0 aliphatic rings. The molecule has 21 heavy (non-hydrogen) atoms. The number of nitrogens with zero attached hydrogens (tertiary/aromatic N) is 3. The summed E-state index contributed by atoms with van der Waals surface area (Å²) in [4.78, 5) is 14.5. The summed E-state index contributed by atoms with van der Waals surface area (Å²) in [5.74, 6) is 0.600. The molecule has 1 aromatic carbocycles. The van der Waals surface area contributed by atoms with E-state index in [0.29, 0.717) is 24.5 Å². The van der Waals surface area contributed by atoms with Crippen LogP contribution in [-0.2, 0) is 4.74 Å². The van der Waals surface area contributed by atoms with Crippen LogP contribution in [0.1, 0.15) is 24.8 Å². The Hall–Kier alpha value is -2.32. The average Bonchev–Trinajstić information content (AvgIpc) is 2.97. The van der Waals surface area contributed by atoms with Crippen LogP contribution in [-0.4, -0.2) is 28.8 Å². The van der Waals surface area contributed by atoms with E-state index in [0.717, 1.165) is 6.42 Å². The van der Waals surface area contributed by atoms with E-state index in [1.165, 1.54) is 12.1 Å². The molecule has 2 N–H and O–H groups in total. The predicted octanol–water partition coefficient (Wildman–Crippen LogP) is 2.07. The van der Waals surface area contributed by atoms with Gasteiger partial charge in [-0.2, -0.15) is 4.98 Å². The zero-order valence-corrected chi connectivity index (χ0v) is 11.6. The highest BCUT2D eigenvalue weighted by atomic mass is 16.6. The van der Waals surface area contributed by atoms with Gasteiger partial charge in [0.15, 0.2) is 0 Å². The summed E-state index contributed by atoms with van der Waals surface area (Å²) in [6.07, 6.45) is 1.44. The number of nitrogens with two attached hydrogens (primary N) is 1. The van der Waals surface area contributed by atoms with Crippen LogP contribution in [0, 0.1) is 10.1 Å². The second-order valence-electron chi connectivity index (χ2n) is 4.51. The first-order valence-electron chi connectivity index (χ1n) is 6.44. The van der Waals surface area contributed by atoms with Gasteiger partial charge < -0.3 is 15.0 Å². The van der Waals surface area contributed by atoms with E-state index < -0.39 is 4.92 Å². The van der Waals surface area contributed by atoms with Gasteiger partial charge in [0.2, 0.25) is 11.7 Å². The quantitative estimate of drug-likeness (QED) is 0.471. The molecule has 0 saturated carbocycles. The van der Waals surface area contributed by atoms with E-state index in [1.54, 1.807) is 19.2 Å². The van der Waals surface area contributed by atoms with Crippen LogP contribution in [0.2, 0.25) is 0 Å². The number of rotatable bonds is 7. The van der Waals surface area contributed by atoms with Crippen molar-refractivity contribution in [3.8, 4) is 11.4 Å². The van der Waals surface area contributed by atoms with Crippen LogP contribution in [0.4, 0.5) is 5.69 Å². The van der Waals surface area contributed by atoms with Gasteiger partial charge in [0, 0.05) is 31.4 Å². The van der Waals surface area contributed by atoms with E-state index >= 15 is 0 Å². The molecule has 8 heteroatoms. The number of ether oxygens (including phenoxy) is 1. The normalized spacial score (nSPS) is 12.3. The Bertz CT molecular complexity index is 614. The molecule has 0 saturated heterocycles. The van der Waals surface area contributed by atoms with Gasteiger partial charge >= 0.3 is 0 Å². The van der Waals surface area contributed by atoms with E-state index in [-0.39, 0.29) is 17.6 Å². The summed E-state index contributed by atoms with van der Waals surface area (Å²) >= 11 is 0. The standard InChI is InChI=1S/C13H16N4O4/c1-20-7-3-6-11(14)13-15-12(16-21-13)9-4-2-5-10(8-9)17(18)19/h2,4-5,8,11H,3,6-7,14H2,1H3. The molecule has 0 bridgehead atoms. The lowest BCUT2D eigenvalue weighted by Gasteiger charge is -2.04. The fraction of sp³-hybridized carbons (Fsp3) is 0.385. The van der Waals surface area contributed by atoms with Gasteiger partial charge in [0.1, 0.15) is 0 Å². The highest BCUT2D eigenvalue weighted by Crippen LogP contribution is 2.23. The molecule has 112 valence electrons. The Kier molecular flexibility index (Phi) is 4.96. The third kappa shape index (κ3) is 3.83. The maximum atomic E-state index is 10.8. The van der Waals surface area contributed by atoms with Crippen molar-refractivity contribution < 1.29 is 14.2 Å². The van der Waals surface area contributed by atoms with E-state index in [4.69, 9.17) is 15.0 Å². The number of nitro benzene ring substituents is 1. The lowest BCUT2D eigenvalue weighted by molar-refractivity contribution is -0.384. The third-order valence-electron chi connectivity index (χ3n) is 2.94. The minimum Gasteiger partial charge on any atom is -0.385 e. The summed E-state index contributed by atoms with van der Waals surface area (Å²) < 4.78 is 10.1. The second kappa shape index (κ2) is 6.91. The van der Waals surface area contributed by atoms with Crippen molar-refractivity contribution >= 4 is 5.69 Å². The number of hydrogen-bond donors (Lipinski definition) is 1. The Morgan fingerprint density at radius 1 is 1.52 bits per heavy atom. The Labute approximate surface area is 121 Å². The number of methoxy groups -OCH3 is 1. The molecule has 0 radical (unpaired) electrons. The minimum absolute atomic E-state index is 0.0248. The van der Waals surface area contributed by atoms with Gasteiger partial charge in [-0.05, 0) is 12.8 Å². The fourth-order valence-corrected chi connectivity index (χ4v) is 1.83. The minimum atomic E-state index is -0.471. The first kappa shape index (κ1) is 15.1. The SMILES string of the molecule is COCCCC(N)c1nc(-c2cccc([N+](=O)[O-])c2)no1. The van der Waals surface area contributed by atoms with E-state index in [2.05, 4.69) is 10.1 Å². The molecular formula is C13H16N4O4. The van der Waals surface area contributed by atoms with Crippen molar-refractivity contribution in [2.75, 3.05) is 13.7 Å². The Balaban J connectivity index is 2.12. The number of aromatic nitrogens is 2. The van der Waals surface area contributed by atoms with Crippen molar-refractivity contribution in [3.05, 3.63) is 40.3 Å². The van der Waals surface area contributed by atoms with Crippen LogP contribution in [0.25, 0.3) is 11.4 Å². The fourth-order valence-electron chi connectivity index (χ4n) is 1.83. The maximum absolute atomic E-state index is 10.8. The Morgan fingerprint density at radius 2 is 2.33 bits per heavy atom. The maximum Gasteiger partial charge on any atom is 0.270 e. The molecule has 0 spiro atoms. The van der Waals surface area contributed by atoms with Crippen LogP contribution < -0.4 is 5.73 Å². The van der Waals surface area contributed by atoms with Crippen molar-refractivity contribution in [3.63, 3.8) is 0 Å². The second-order valence-corrected chi connectivity index (χ2v) is 4.51. The van der Waals surface area contributed by atoms with Gasteiger partial charge in [-0.1, -0.05) is 17.3 Å². The number of nitro groups is 1. The van der Waals surface area contributed by atoms with Crippen LogP contribution in [0.15, 0.2) is 28.8 Å². The van der Waals surface area contributed by atoms with Gasteiger partial charge in [-0.15, -0.1) is 0 Å². The third-order valence-corrected chi connectivity index (χ3v) is 2.94. The highest BCUT2D eigenvalue weighted by Gasteiger charge is 2.16. The number of non-ortho nitro benzene ring substituents is 1. The lowest BCUT2D eigenvalue weighted by Crippen LogP contribution is -2.11. The Morgan fingerprint density at radius 3 is 3.05 bits per heavy atom. The largest absolute Gasteiger partial charge is 0.385 e. The lowest BCUT2D eigenvalue weighted by atomic mass is 10.1. The molecule has 1 heterocycles. The van der Waals surface area contributed by atoms with Crippen LogP contribution >= 0.6 is 0 Å². The van der Waals surface area contributed by atoms with Gasteiger partial charge in [0.05, 0.1) is 11.0 Å². The number of benzene rings is 1. The van der Waals surface area contributed by atoms with Gasteiger partial charge in [0.25, 0.3) is 5.69 Å². The molecule has 0 aliphatic heterocycles. The van der Waals surface area contributed by atoms with Crippen LogP contribution in [0.3, 0.4) is 0 Å². The predicted molar refractivity (Wildman–Crippen MR) is 74.4 cm³/mol. The van der Waals surface area contributed by atoms with Crippen molar-refractivity contribution in [2.45, 2.75) is 18.9 Å². The summed E-state index contributed by atoms with van der Waals surface area (Å²) in [5.41, 5.74) is 6.44. The van der Waals surface area contributed by atoms with Crippen molar-refractivity contribution in [1.29, 1.82) is 0 Å². The molecule has 0 amide bonds. The molecule has 1 atom stereocenters. The first-order chi connectivity index (χ1) is 10.1. The van der Waals surface area contributed by atoms with E-state index in [9.17, 15) is 10.1 Å². The smallest absolute Gasteiger partial charge is 0.270 e. The zero-order chi connectivity index (χ0) is 15.2. The van der Waals surface area contributed by atoms with Gasteiger partial charge in [-0.25, -0.2) is 0 Å². The molecule has 2 aromatic rings. The zero-order valence-electron chi connectivity index (χ0n) is 11.6. The molecule has 0 fully saturated rings. The first-order valence-corrected chi connectivity index (χ1v) is 6.44. The summed E-state index contributed by atoms with van der Waals surface area (Å²) in [6.45, 7) is 0.611. The van der Waals surface area contributed by atoms with Crippen LogP contribution in [0.5, 0.6) is 0 Å². The van der Waals surface area contributed by atoms with E-state index in [1.807, 2.05) is 0 Å². The molecule has 8 nitrogen and oxygen atoms in total. The van der Waals surface area contributed by atoms with Gasteiger partial charge in [-0.3, -0.25) is 10.1 Å². The van der Waals surface area contributed by atoms with Crippen molar-refractivity contribution in [2.24, 2.45) is 5.73 Å². The summed E-state index contributed by atoms with van der Waals surface area (Å²) in [6, 6.07) is 5.67. The molecule has 1 unspecified atom stereocenters. The average molecular weight is 292 g/mol. The van der Waals surface area contributed by atoms with Crippen molar-refractivity contribution in [1.82, 2.24) is 10.1 Å². The summed E-state index contributed by atoms with van der Waals surface area (Å²) in [7, 11) is 1.62.